The number of hydrogen-bond donors (Lipinski definition) is 1. The van der Waals surface area contributed by atoms with Gasteiger partial charge in [0.2, 0.25) is 0 Å². The van der Waals surface area contributed by atoms with Crippen molar-refractivity contribution in [3.8, 4) is 0 Å². The van der Waals surface area contributed by atoms with Crippen molar-refractivity contribution in [3.63, 3.8) is 0 Å². The third-order valence-electron chi connectivity index (χ3n) is 1.33. The normalized spacial score (nSPS) is 10.2. The van der Waals surface area contributed by atoms with Gasteiger partial charge in [-0.15, -0.1) is 0 Å². The summed E-state index contributed by atoms with van der Waals surface area (Å²) < 4.78 is 4.87. The van der Waals surface area contributed by atoms with Gasteiger partial charge in [-0.25, -0.2) is 0 Å². The van der Waals surface area contributed by atoms with Gasteiger partial charge < -0.3 is 9.84 Å². The smallest absolute Gasteiger partial charge is 0.321 e. The fourth-order valence-electron chi connectivity index (χ4n) is 0.781. The van der Waals surface area contributed by atoms with Crippen LogP contribution in [0.4, 0.5) is 6.01 Å². The lowest BCUT2D eigenvalue weighted by molar-refractivity contribution is 0.425. The predicted octanol–water partition coefficient (Wildman–Crippen LogP) is 1.54. The van der Waals surface area contributed by atoms with Gasteiger partial charge in [0.15, 0.2) is 5.82 Å². The average Bonchev–Trinajstić information content (AvgIpc) is 2.45. The summed E-state index contributed by atoms with van der Waals surface area (Å²) in [6, 6.07) is 0.522. The molecule has 0 saturated carbocycles. The van der Waals surface area contributed by atoms with Gasteiger partial charge in [0.1, 0.15) is 0 Å². The van der Waals surface area contributed by atoms with E-state index in [1.54, 1.807) is 6.92 Å². The van der Waals surface area contributed by atoms with Crippen LogP contribution in [0.2, 0.25) is 0 Å². The Morgan fingerprint density at radius 1 is 1.58 bits per heavy atom. The molecule has 0 fully saturated rings. The van der Waals surface area contributed by atoms with Gasteiger partial charge in [0.05, 0.1) is 0 Å². The third kappa shape index (κ3) is 3.13. The van der Waals surface area contributed by atoms with E-state index in [2.05, 4.69) is 21.7 Å². The Bertz CT molecular complexity index is 226. The molecule has 0 spiro atoms. The minimum atomic E-state index is 0.522. The number of nitrogens with zero attached hydrogens (tertiary/aromatic N) is 2. The van der Waals surface area contributed by atoms with Gasteiger partial charge in [0, 0.05) is 6.54 Å². The van der Waals surface area contributed by atoms with Gasteiger partial charge in [-0.3, -0.25) is 0 Å². The van der Waals surface area contributed by atoms with Crippen molar-refractivity contribution >= 4 is 17.8 Å². The van der Waals surface area contributed by atoms with Crippen LogP contribution in [-0.4, -0.2) is 28.7 Å². The quantitative estimate of drug-likeness (QED) is 0.709. The minimum absolute atomic E-state index is 0.522. The molecule has 0 saturated heterocycles. The molecule has 1 rings (SSSR count). The summed E-state index contributed by atoms with van der Waals surface area (Å²) in [7, 11) is 0. The van der Waals surface area contributed by atoms with E-state index in [4.69, 9.17) is 4.52 Å². The highest BCUT2D eigenvalue weighted by Crippen LogP contribution is 2.02. The van der Waals surface area contributed by atoms with Crippen molar-refractivity contribution in [1.29, 1.82) is 0 Å². The Labute approximate surface area is 76.1 Å². The predicted molar refractivity (Wildman–Crippen MR) is 50.5 cm³/mol. The van der Waals surface area contributed by atoms with E-state index in [0.29, 0.717) is 11.8 Å². The molecule has 1 aromatic rings. The van der Waals surface area contributed by atoms with Gasteiger partial charge in [0.25, 0.3) is 0 Å². The minimum Gasteiger partial charge on any atom is -0.338 e. The Morgan fingerprint density at radius 2 is 2.42 bits per heavy atom. The van der Waals surface area contributed by atoms with Crippen LogP contribution in [0, 0.1) is 6.92 Å². The van der Waals surface area contributed by atoms with E-state index in [-0.39, 0.29) is 0 Å². The van der Waals surface area contributed by atoms with E-state index >= 15 is 0 Å². The fourth-order valence-corrected chi connectivity index (χ4v) is 1.21. The molecule has 0 unspecified atom stereocenters. The number of nitrogens with one attached hydrogen (secondary N) is 1. The Balaban J connectivity index is 2.15. The molecule has 0 amide bonds. The molecule has 0 atom stereocenters. The van der Waals surface area contributed by atoms with Crippen molar-refractivity contribution < 1.29 is 4.52 Å². The van der Waals surface area contributed by atoms with Crippen LogP contribution in [0.1, 0.15) is 12.2 Å². The summed E-state index contributed by atoms with van der Waals surface area (Å²) >= 11 is 1.84. The Morgan fingerprint density at radius 3 is 3.00 bits per heavy atom. The van der Waals surface area contributed by atoms with Gasteiger partial charge in [-0.1, -0.05) is 5.16 Å². The number of aromatic nitrogens is 2. The Kier molecular flexibility index (Phi) is 3.93. The zero-order valence-electron chi connectivity index (χ0n) is 7.33. The summed E-state index contributed by atoms with van der Waals surface area (Å²) in [6.45, 7) is 2.69. The monoisotopic (exact) mass is 187 g/mol. The lowest BCUT2D eigenvalue weighted by Crippen LogP contribution is -2.02. The van der Waals surface area contributed by atoms with E-state index in [1.165, 1.54) is 0 Å². The van der Waals surface area contributed by atoms with Crippen LogP contribution in [0.15, 0.2) is 4.52 Å². The molecular weight excluding hydrogens is 174 g/mol. The van der Waals surface area contributed by atoms with Crippen LogP contribution in [0.5, 0.6) is 0 Å². The van der Waals surface area contributed by atoms with Crippen LogP contribution < -0.4 is 5.32 Å². The largest absolute Gasteiger partial charge is 0.338 e. The molecule has 1 N–H and O–H groups in total. The molecule has 0 radical (unpaired) electrons. The van der Waals surface area contributed by atoms with E-state index in [9.17, 15) is 0 Å². The van der Waals surface area contributed by atoms with Gasteiger partial charge in [-0.2, -0.15) is 16.7 Å². The molecule has 4 nitrogen and oxygen atoms in total. The molecule has 12 heavy (non-hydrogen) atoms. The van der Waals surface area contributed by atoms with Crippen molar-refractivity contribution in [2.24, 2.45) is 0 Å². The van der Waals surface area contributed by atoms with Crippen molar-refractivity contribution in [2.45, 2.75) is 13.3 Å². The summed E-state index contributed by atoms with van der Waals surface area (Å²) in [5, 5.41) is 6.71. The highest BCUT2D eigenvalue weighted by molar-refractivity contribution is 7.98. The molecule has 0 aromatic carbocycles. The summed E-state index contributed by atoms with van der Waals surface area (Å²) in [5.74, 6) is 1.82. The zero-order chi connectivity index (χ0) is 8.81. The maximum atomic E-state index is 4.87. The van der Waals surface area contributed by atoms with Gasteiger partial charge >= 0.3 is 6.01 Å². The lowest BCUT2D eigenvalue weighted by atomic mass is 10.5. The highest BCUT2D eigenvalue weighted by atomic mass is 32.2. The van der Waals surface area contributed by atoms with Crippen LogP contribution >= 0.6 is 11.8 Å². The SMILES string of the molecule is CSCCCNc1nc(C)no1. The number of anilines is 1. The van der Waals surface area contributed by atoms with Crippen LogP contribution in [0.3, 0.4) is 0 Å². The molecule has 0 bridgehead atoms. The second-order valence-corrected chi connectivity index (χ2v) is 3.41. The van der Waals surface area contributed by atoms with Gasteiger partial charge in [-0.05, 0) is 25.4 Å². The highest BCUT2D eigenvalue weighted by Gasteiger charge is 1.98. The lowest BCUT2D eigenvalue weighted by Gasteiger charge is -1.97. The zero-order valence-corrected chi connectivity index (χ0v) is 8.15. The van der Waals surface area contributed by atoms with E-state index < -0.39 is 0 Å². The molecule has 1 heterocycles. The van der Waals surface area contributed by atoms with Crippen molar-refractivity contribution in [1.82, 2.24) is 10.1 Å². The molecule has 5 heteroatoms. The number of rotatable bonds is 5. The number of aryl methyl sites for hydroxylation is 1. The standard InChI is InChI=1S/C7H13N3OS/c1-6-9-7(11-10-6)8-4-3-5-12-2/h3-5H2,1-2H3,(H,8,9,10). The second kappa shape index (κ2) is 5.03. The van der Waals surface area contributed by atoms with Crippen molar-refractivity contribution in [2.75, 3.05) is 23.9 Å². The first-order chi connectivity index (χ1) is 5.83. The van der Waals surface area contributed by atoms with Crippen molar-refractivity contribution in [3.05, 3.63) is 5.82 Å². The first-order valence-electron chi connectivity index (χ1n) is 3.86. The van der Waals surface area contributed by atoms with E-state index in [1.807, 2.05) is 11.8 Å². The summed E-state index contributed by atoms with van der Waals surface area (Å²) in [6.07, 6.45) is 3.21. The van der Waals surface area contributed by atoms with Crippen LogP contribution in [-0.2, 0) is 0 Å². The van der Waals surface area contributed by atoms with E-state index in [0.717, 1.165) is 18.7 Å². The Hall–Kier alpha value is -0.710. The molecule has 0 aliphatic heterocycles. The summed E-state index contributed by atoms with van der Waals surface area (Å²) in [4.78, 5) is 4.01. The first kappa shape index (κ1) is 9.38. The maximum absolute atomic E-state index is 4.87. The molecule has 0 aliphatic carbocycles. The topological polar surface area (TPSA) is 51.0 Å². The first-order valence-corrected chi connectivity index (χ1v) is 5.25. The maximum Gasteiger partial charge on any atom is 0.321 e. The number of thioether (sulfide) groups is 1. The summed E-state index contributed by atoms with van der Waals surface area (Å²) in [5.41, 5.74) is 0. The fraction of sp³-hybridized carbons (Fsp3) is 0.714. The average molecular weight is 187 g/mol. The molecule has 1 aromatic heterocycles. The molecular formula is C7H13N3OS. The molecule has 0 aliphatic rings. The van der Waals surface area contributed by atoms with Crippen LogP contribution in [0.25, 0.3) is 0 Å². The second-order valence-electron chi connectivity index (χ2n) is 2.42. The number of hydrogen-bond acceptors (Lipinski definition) is 5. The molecule has 68 valence electrons. The third-order valence-corrected chi connectivity index (χ3v) is 2.03.